The molecule has 0 N–H and O–H groups in total. The minimum absolute atomic E-state index is 0.0864. The molecular formula is C28H34FN2O2-. The average Bonchev–Trinajstić information content (AvgIpc) is 2.81. The third-order valence-corrected chi connectivity index (χ3v) is 8.42. The number of piperidine rings is 3. The van der Waals surface area contributed by atoms with Gasteiger partial charge in [0, 0.05) is 18.2 Å². The maximum Gasteiger partial charge on any atom is 0.137 e. The van der Waals surface area contributed by atoms with Gasteiger partial charge in [-0.3, -0.25) is 0 Å². The normalized spacial score (nSPS) is 27.8. The first-order valence-electron chi connectivity index (χ1n) is 12.4. The molecule has 33 heavy (non-hydrogen) atoms. The summed E-state index contributed by atoms with van der Waals surface area (Å²) in [6.45, 7) is 9.18. The van der Waals surface area contributed by atoms with Gasteiger partial charge in [0.15, 0.2) is 0 Å². The van der Waals surface area contributed by atoms with E-state index in [0.29, 0.717) is 11.5 Å². The maximum absolute atomic E-state index is 15.6. The number of carbonyl (C=O) groups is 1. The maximum atomic E-state index is 15.6. The first kappa shape index (κ1) is 22.4. The lowest BCUT2D eigenvalue weighted by atomic mass is 9.68. The zero-order valence-corrected chi connectivity index (χ0v) is 19.9. The smallest absolute Gasteiger partial charge is 0.137 e. The Balaban J connectivity index is 1.59. The zero-order chi connectivity index (χ0) is 23.3. The van der Waals surface area contributed by atoms with E-state index in [-0.39, 0.29) is 17.3 Å². The third-order valence-electron chi connectivity index (χ3n) is 8.42. The fourth-order valence-electron chi connectivity index (χ4n) is 6.51. The van der Waals surface area contributed by atoms with E-state index in [1.54, 1.807) is 11.0 Å². The van der Waals surface area contributed by atoms with Crippen molar-refractivity contribution in [3.63, 3.8) is 0 Å². The van der Waals surface area contributed by atoms with Crippen LogP contribution >= 0.6 is 0 Å². The molecule has 4 aliphatic rings. The van der Waals surface area contributed by atoms with Crippen molar-refractivity contribution < 1.29 is 14.3 Å². The number of carboxylic acid groups (broad SMARTS) is 1. The highest BCUT2D eigenvalue weighted by atomic mass is 19.1. The van der Waals surface area contributed by atoms with Crippen molar-refractivity contribution in [1.82, 2.24) is 9.80 Å². The van der Waals surface area contributed by atoms with Gasteiger partial charge in [-0.1, -0.05) is 45.0 Å². The van der Waals surface area contributed by atoms with Crippen molar-refractivity contribution in [3.05, 3.63) is 58.9 Å². The van der Waals surface area contributed by atoms with Gasteiger partial charge < -0.3 is 19.7 Å². The molecule has 3 saturated heterocycles. The van der Waals surface area contributed by atoms with Crippen molar-refractivity contribution >= 4 is 6.09 Å². The minimum Gasteiger partial charge on any atom is -0.530 e. The van der Waals surface area contributed by atoms with Crippen LogP contribution in [0.3, 0.4) is 0 Å². The molecule has 3 heterocycles. The van der Waals surface area contributed by atoms with Crippen LogP contribution in [0.1, 0.15) is 62.8 Å². The van der Waals surface area contributed by atoms with Crippen LogP contribution < -0.4 is 5.11 Å². The van der Waals surface area contributed by atoms with Crippen molar-refractivity contribution in [2.24, 2.45) is 11.3 Å². The predicted octanol–water partition coefficient (Wildman–Crippen LogP) is 4.81. The molecule has 3 fully saturated rings. The first-order valence-corrected chi connectivity index (χ1v) is 12.4. The van der Waals surface area contributed by atoms with E-state index < -0.39 is 12.1 Å². The van der Waals surface area contributed by atoms with Crippen LogP contribution in [0.2, 0.25) is 0 Å². The number of benzene rings is 2. The molecule has 4 nitrogen and oxygen atoms in total. The van der Waals surface area contributed by atoms with E-state index in [4.69, 9.17) is 0 Å². The Bertz CT molecular complexity index is 1060. The quantitative estimate of drug-likeness (QED) is 0.673. The number of hydrogen-bond donors (Lipinski definition) is 0. The molecule has 2 aromatic carbocycles. The lowest BCUT2D eigenvalue weighted by molar-refractivity contribution is -0.277. The van der Waals surface area contributed by atoms with Crippen LogP contribution in [0.5, 0.6) is 0 Å². The van der Waals surface area contributed by atoms with Gasteiger partial charge in [0.05, 0.1) is 6.04 Å². The Morgan fingerprint density at radius 2 is 1.97 bits per heavy atom. The van der Waals surface area contributed by atoms with E-state index in [1.165, 1.54) is 5.56 Å². The molecule has 3 aliphatic heterocycles. The molecule has 1 amide bonds. The molecule has 2 atom stereocenters. The molecular weight excluding hydrogens is 415 g/mol. The highest BCUT2D eigenvalue weighted by Gasteiger charge is 2.46. The van der Waals surface area contributed by atoms with E-state index in [1.807, 2.05) is 18.2 Å². The van der Waals surface area contributed by atoms with Crippen molar-refractivity contribution in [3.8, 4) is 11.1 Å². The molecule has 0 aromatic heterocycles. The second kappa shape index (κ2) is 8.43. The van der Waals surface area contributed by atoms with Crippen molar-refractivity contribution in [2.45, 2.75) is 65.0 Å². The van der Waals surface area contributed by atoms with E-state index in [0.717, 1.165) is 68.4 Å². The van der Waals surface area contributed by atoms with E-state index in [9.17, 15) is 9.90 Å². The minimum atomic E-state index is -1.13. The molecule has 5 heteroatoms. The molecule has 0 radical (unpaired) electrons. The lowest BCUT2D eigenvalue weighted by Crippen LogP contribution is -2.63. The molecule has 6 rings (SSSR count). The second-order valence-corrected chi connectivity index (χ2v) is 10.9. The number of fused-ring (bicyclic) bond motifs is 4. The summed E-state index contributed by atoms with van der Waals surface area (Å²) in [7, 11) is 0. The Labute approximate surface area is 196 Å². The van der Waals surface area contributed by atoms with Gasteiger partial charge in [-0.05, 0) is 90.9 Å². The summed E-state index contributed by atoms with van der Waals surface area (Å²) in [5.41, 5.74) is 4.24. The van der Waals surface area contributed by atoms with Gasteiger partial charge in [-0.2, -0.15) is 0 Å². The summed E-state index contributed by atoms with van der Waals surface area (Å²) in [6, 6.07) is 11.1. The van der Waals surface area contributed by atoms with Gasteiger partial charge >= 0.3 is 0 Å². The monoisotopic (exact) mass is 449 g/mol. The summed E-state index contributed by atoms with van der Waals surface area (Å²) in [5.74, 6) is 0.0758. The van der Waals surface area contributed by atoms with Crippen LogP contribution in [0, 0.1) is 17.2 Å². The molecule has 0 saturated carbocycles. The average molecular weight is 450 g/mol. The summed E-state index contributed by atoms with van der Waals surface area (Å²) in [5, 5.41) is 12.6. The molecule has 0 unspecified atom stereocenters. The lowest BCUT2D eigenvalue weighted by Gasteiger charge is -2.56. The topological polar surface area (TPSA) is 46.6 Å². The fourth-order valence-corrected chi connectivity index (χ4v) is 6.51. The van der Waals surface area contributed by atoms with Crippen LogP contribution in [-0.2, 0) is 12.8 Å². The summed E-state index contributed by atoms with van der Waals surface area (Å²) < 4.78 is 15.6. The van der Waals surface area contributed by atoms with Gasteiger partial charge in [-0.25, -0.2) is 4.39 Å². The summed E-state index contributed by atoms with van der Waals surface area (Å²) in [6.07, 6.45) is 3.50. The fraction of sp³-hybridized carbons (Fsp3) is 0.536. The standard InChI is InChI=1S/C28H35FN2O2/c1-4-18-6-5-7-20(14-18)22-15-21-8-11-28(2,3)26(23(21)16-24(22)29)31(27(32)33)25-17-30-12-9-19(25)10-13-30/h5-7,14-16,19,25-26H,4,8-13,17H2,1-3H3,(H,32,33)/p-1/t25-,26+/m1/s1. The molecule has 0 spiro atoms. The first-order chi connectivity index (χ1) is 15.8. The van der Waals surface area contributed by atoms with E-state index >= 15 is 4.39 Å². The van der Waals surface area contributed by atoms with Crippen LogP contribution in [0.25, 0.3) is 11.1 Å². The number of amides is 1. The Hall–Kier alpha value is -2.40. The highest BCUT2D eigenvalue weighted by Crippen LogP contribution is 2.50. The van der Waals surface area contributed by atoms with E-state index in [2.05, 4.69) is 37.8 Å². The molecule has 2 aromatic rings. The largest absolute Gasteiger partial charge is 0.530 e. The Morgan fingerprint density at radius 1 is 1.21 bits per heavy atom. The summed E-state index contributed by atoms with van der Waals surface area (Å²) >= 11 is 0. The summed E-state index contributed by atoms with van der Waals surface area (Å²) in [4.78, 5) is 16.6. The highest BCUT2D eigenvalue weighted by molar-refractivity contribution is 5.68. The molecule has 1 aliphatic carbocycles. The number of hydrogen-bond acceptors (Lipinski definition) is 3. The van der Waals surface area contributed by atoms with Crippen LogP contribution in [0.4, 0.5) is 9.18 Å². The predicted molar refractivity (Wildman–Crippen MR) is 126 cm³/mol. The number of aryl methyl sites for hydroxylation is 2. The van der Waals surface area contributed by atoms with Crippen molar-refractivity contribution in [1.29, 1.82) is 0 Å². The second-order valence-electron chi connectivity index (χ2n) is 10.9. The van der Waals surface area contributed by atoms with Gasteiger partial charge in [0.1, 0.15) is 11.9 Å². The number of carbonyl (C=O) groups excluding carboxylic acids is 1. The number of rotatable bonds is 4. The van der Waals surface area contributed by atoms with Gasteiger partial charge in [0.2, 0.25) is 0 Å². The Morgan fingerprint density at radius 3 is 2.61 bits per heavy atom. The third kappa shape index (κ3) is 3.95. The number of nitrogens with zero attached hydrogens (tertiary/aromatic N) is 2. The molecule has 176 valence electrons. The molecule has 2 bridgehead atoms. The van der Waals surface area contributed by atoms with Gasteiger partial charge in [0.25, 0.3) is 0 Å². The Kier molecular flexibility index (Phi) is 5.72. The zero-order valence-electron chi connectivity index (χ0n) is 19.9. The number of halogens is 1. The van der Waals surface area contributed by atoms with Crippen LogP contribution in [-0.4, -0.2) is 41.6 Å². The SMILES string of the molecule is CCc1cccc(-c2cc3c(cc2F)[C@H](N(C(=O)[O-])[C@@H]2CN4CCC2CC4)C(C)(C)CC3)c1. The van der Waals surface area contributed by atoms with Crippen LogP contribution in [0.15, 0.2) is 36.4 Å². The van der Waals surface area contributed by atoms with Gasteiger partial charge in [-0.15, -0.1) is 0 Å². The van der Waals surface area contributed by atoms with Crippen molar-refractivity contribution in [2.75, 3.05) is 19.6 Å².